The Morgan fingerprint density at radius 2 is 2.04 bits per heavy atom. The van der Waals surface area contributed by atoms with Crippen LogP contribution in [0.1, 0.15) is 6.42 Å². The molecule has 23 heavy (non-hydrogen) atoms. The molecule has 1 aliphatic heterocycles. The van der Waals surface area contributed by atoms with Gasteiger partial charge in [-0.2, -0.15) is 5.10 Å². The van der Waals surface area contributed by atoms with E-state index in [1.54, 1.807) is 36.6 Å². The number of methoxy groups -OCH3 is 1. The molecular weight excluding hydrogens is 296 g/mol. The van der Waals surface area contributed by atoms with E-state index in [2.05, 4.69) is 20.0 Å². The van der Waals surface area contributed by atoms with Crippen LogP contribution >= 0.6 is 0 Å². The first-order valence-corrected chi connectivity index (χ1v) is 7.63. The lowest BCUT2D eigenvalue weighted by Gasteiger charge is -2.23. The van der Waals surface area contributed by atoms with Crippen molar-refractivity contribution in [3.8, 4) is 5.88 Å². The van der Waals surface area contributed by atoms with E-state index < -0.39 is 0 Å². The van der Waals surface area contributed by atoms with E-state index in [1.165, 1.54) is 0 Å². The van der Waals surface area contributed by atoms with Crippen LogP contribution in [0.15, 0.2) is 30.9 Å². The minimum atomic E-state index is 0.0849. The van der Waals surface area contributed by atoms with Gasteiger partial charge in [0.05, 0.1) is 7.11 Å². The summed E-state index contributed by atoms with van der Waals surface area (Å²) in [6, 6.07) is 1.82. The summed E-state index contributed by atoms with van der Waals surface area (Å²) in [6.07, 6.45) is 7.62. The van der Waals surface area contributed by atoms with Gasteiger partial charge in [0.25, 0.3) is 5.88 Å². The Morgan fingerprint density at radius 3 is 2.83 bits per heavy atom. The molecule has 0 atom stereocenters. The number of rotatable bonds is 4. The molecule has 3 rings (SSSR count). The summed E-state index contributed by atoms with van der Waals surface area (Å²) in [7, 11) is 1.59. The van der Waals surface area contributed by atoms with E-state index in [-0.39, 0.29) is 12.5 Å². The minimum absolute atomic E-state index is 0.0849. The van der Waals surface area contributed by atoms with Gasteiger partial charge in [0, 0.05) is 51.0 Å². The Kier molecular flexibility index (Phi) is 4.70. The van der Waals surface area contributed by atoms with Crippen LogP contribution in [-0.4, -0.2) is 63.8 Å². The second-order valence-corrected chi connectivity index (χ2v) is 5.31. The lowest BCUT2D eigenvalue weighted by molar-refractivity contribution is -0.131. The van der Waals surface area contributed by atoms with Gasteiger partial charge in [-0.15, -0.1) is 0 Å². The third-order valence-electron chi connectivity index (χ3n) is 3.84. The molecule has 0 unspecified atom stereocenters. The molecule has 0 aliphatic carbocycles. The SMILES string of the molecule is COc1nccnc1N1CCCN(C(=O)Cn2cccn2)CC1. The fourth-order valence-electron chi connectivity index (χ4n) is 2.69. The molecule has 3 heterocycles. The standard InChI is InChI=1S/C15H20N6O2/c1-23-15-14(16-5-6-17-15)20-8-3-7-19(10-11-20)13(22)12-21-9-2-4-18-21/h2,4-6,9H,3,7-8,10-12H2,1H3. The lowest BCUT2D eigenvalue weighted by atomic mass is 10.3. The van der Waals surface area contributed by atoms with Gasteiger partial charge < -0.3 is 14.5 Å². The molecule has 0 spiro atoms. The zero-order chi connectivity index (χ0) is 16.1. The molecule has 0 aromatic carbocycles. The maximum absolute atomic E-state index is 12.4. The van der Waals surface area contributed by atoms with Crippen LogP contribution < -0.4 is 9.64 Å². The van der Waals surface area contributed by atoms with Crippen molar-refractivity contribution in [3.05, 3.63) is 30.9 Å². The molecule has 8 nitrogen and oxygen atoms in total. The quantitative estimate of drug-likeness (QED) is 0.814. The normalized spacial score (nSPS) is 15.3. The number of aromatic nitrogens is 4. The van der Waals surface area contributed by atoms with Crippen LogP contribution in [-0.2, 0) is 11.3 Å². The zero-order valence-corrected chi connectivity index (χ0v) is 13.1. The van der Waals surface area contributed by atoms with Gasteiger partial charge in [-0.3, -0.25) is 9.48 Å². The summed E-state index contributed by atoms with van der Waals surface area (Å²) in [5.74, 6) is 1.34. The Morgan fingerprint density at radius 1 is 1.17 bits per heavy atom. The zero-order valence-electron chi connectivity index (χ0n) is 13.1. The van der Waals surface area contributed by atoms with Crippen LogP contribution in [0.25, 0.3) is 0 Å². The molecule has 1 aliphatic rings. The number of hydrogen-bond donors (Lipinski definition) is 0. The fourth-order valence-corrected chi connectivity index (χ4v) is 2.69. The molecule has 1 amide bonds. The van der Waals surface area contributed by atoms with Gasteiger partial charge in [0.1, 0.15) is 6.54 Å². The van der Waals surface area contributed by atoms with E-state index in [9.17, 15) is 4.79 Å². The van der Waals surface area contributed by atoms with Crippen molar-refractivity contribution < 1.29 is 9.53 Å². The number of carbonyl (C=O) groups is 1. The Hall–Kier alpha value is -2.64. The number of anilines is 1. The van der Waals surface area contributed by atoms with E-state index in [1.807, 2.05) is 11.0 Å². The molecule has 1 fully saturated rings. The molecule has 0 N–H and O–H groups in total. The van der Waals surface area contributed by atoms with Gasteiger partial charge in [0.15, 0.2) is 5.82 Å². The second kappa shape index (κ2) is 7.08. The van der Waals surface area contributed by atoms with Gasteiger partial charge in [-0.25, -0.2) is 9.97 Å². The van der Waals surface area contributed by atoms with Crippen LogP contribution in [0.3, 0.4) is 0 Å². The minimum Gasteiger partial charge on any atom is -0.478 e. The predicted molar refractivity (Wildman–Crippen MR) is 84.2 cm³/mol. The molecule has 1 saturated heterocycles. The number of nitrogens with zero attached hydrogens (tertiary/aromatic N) is 6. The summed E-state index contributed by atoms with van der Waals surface area (Å²) in [5, 5.41) is 4.08. The molecular formula is C15H20N6O2. The number of carbonyl (C=O) groups excluding carboxylic acids is 1. The summed E-state index contributed by atoms with van der Waals surface area (Å²) in [5.41, 5.74) is 0. The Balaban J connectivity index is 1.64. The summed E-state index contributed by atoms with van der Waals surface area (Å²) in [6.45, 7) is 3.20. The molecule has 0 radical (unpaired) electrons. The van der Waals surface area contributed by atoms with E-state index in [4.69, 9.17) is 4.74 Å². The topological polar surface area (TPSA) is 76.4 Å². The molecule has 0 bridgehead atoms. The molecule has 122 valence electrons. The van der Waals surface area contributed by atoms with E-state index in [0.29, 0.717) is 19.0 Å². The number of ether oxygens (including phenoxy) is 1. The summed E-state index contributed by atoms with van der Waals surface area (Å²) < 4.78 is 6.93. The van der Waals surface area contributed by atoms with Crippen LogP contribution in [0, 0.1) is 0 Å². The van der Waals surface area contributed by atoms with Crippen LogP contribution in [0.5, 0.6) is 5.88 Å². The summed E-state index contributed by atoms with van der Waals surface area (Å²) in [4.78, 5) is 24.9. The average molecular weight is 316 g/mol. The van der Waals surface area contributed by atoms with Crippen molar-refractivity contribution >= 4 is 11.7 Å². The van der Waals surface area contributed by atoms with Gasteiger partial charge >= 0.3 is 0 Å². The molecule has 0 saturated carbocycles. The van der Waals surface area contributed by atoms with Gasteiger partial charge in [-0.05, 0) is 12.5 Å². The average Bonchev–Trinajstić information content (AvgIpc) is 2.96. The number of hydrogen-bond acceptors (Lipinski definition) is 6. The second-order valence-electron chi connectivity index (χ2n) is 5.31. The Bertz CT molecular complexity index is 645. The highest BCUT2D eigenvalue weighted by atomic mass is 16.5. The molecule has 8 heteroatoms. The maximum Gasteiger partial charge on any atom is 0.257 e. The monoisotopic (exact) mass is 316 g/mol. The largest absolute Gasteiger partial charge is 0.478 e. The Labute approximate surface area is 134 Å². The van der Waals surface area contributed by atoms with Crippen molar-refractivity contribution in [3.63, 3.8) is 0 Å². The number of amides is 1. The van der Waals surface area contributed by atoms with Gasteiger partial charge in [0.2, 0.25) is 5.91 Å². The van der Waals surface area contributed by atoms with Crippen molar-refractivity contribution in [2.75, 3.05) is 38.2 Å². The smallest absolute Gasteiger partial charge is 0.257 e. The molecule has 2 aromatic rings. The highest BCUT2D eigenvalue weighted by Crippen LogP contribution is 2.23. The van der Waals surface area contributed by atoms with E-state index >= 15 is 0 Å². The van der Waals surface area contributed by atoms with Crippen molar-refractivity contribution in [1.82, 2.24) is 24.6 Å². The highest BCUT2D eigenvalue weighted by molar-refractivity contribution is 5.76. The van der Waals surface area contributed by atoms with Crippen LogP contribution in [0.4, 0.5) is 5.82 Å². The predicted octanol–water partition coefficient (Wildman–Crippen LogP) is 0.421. The van der Waals surface area contributed by atoms with Crippen molar-refractivity contribution in [2.24, 2.45) is 0 Å². The first-order chi connectivity index (χ1) is 11.3. The third kappa shape index (κ3) is 3.58. The lowest BCUT2D eigenvalue weighted by Crippen LogP contribution is -2.37. The maximum atomic E-state index is 12.4. The fraction of sp³-hybridized carbons (Fsp3) is 0.467. The van der Waals surface area contributed by atoms with Gasteiger partial charge in [-0.1, -0.05) is 0 Å². The van der Waals surface area contributed by atoms with E-state index in [0.717, 1.165) is 25.3 Å². The van der Waals surface area contributed by atoms with Crippen LogP contribution in [0.2, 0.25) is 0 Å². The highest BCUT2D eigenvalue weighted by Gasteiger charge is 2.22. The molecule has 2 aromatic heterocycles. The van der Waals surface area contributed by atoms with Crippen molar-refractivity contribution in [1.29, 1.82) is 0 Å². The first-order valence-electron chi connectivity index (χ1n) is 7.63. The third-order valence-corrected chi connectivity index (χ3v) is 3.84. The van der Waals surface area contributed by atoms with Crippen molar-refractivity contribution in [2.45, 2.75) is 13.0 Å². The summed E-state index contributed by atoms with van der Waals surface area (Å²) >= 11 is 0. The first kappa shape index (κ1) is 15.3.